The highest BCUT2D eigenvalue weighted by atomic mass is 32.2. The third kappa shape index (κ3) is 3.18. The Bertz CT molecular complexity index is 692. The summed E-state index contributed by atoms with van der Waals surface area (Å²) < 4.78 is 0.462. The first-order valence-corrected chi connectivity index (χ1v) is 8.87. The summed E-state index contributed by atoms with van der Waals surface area (Å²) in [6.07, 6.45) is 0. The summed E-state index contributed by atoms with van der Waals surface area (Å²) in [7, 11) is 0. The first-order chi connectivity index (χ1) is 10.6. The molecule has 0 amide bonds. The predicted molar refractivity (Wildman–Crippen MR) is 90.6 cm³/mol. The van der Waals surface area contributed by atoms with Crippen LogP contribution in [0.25, 0.3) is 0 Å². The van der Waals surface area contributed by atoms with Crippen molar-refractivity contribution in [2.45, 2.75) is 4.58 Å². The number of carbonyl (C=O) groups is 1. The molecule has 6 heteroatoms. The average molecular weight is 331 g/mol. The standard InChI is InChI=1S/C16H13NO3S2/c18-15(12-5-7-14(8-6-12)17(19)20)11-1-3-13(4-2-11)16-21-9-10-22-16/h1-8,16H,9-10H2. The summed E-state index contributed by atoms with van der Waals surface area (Å²) in [5, 5.41) is 10.6. The van der Waals surface area contributed by atoms with E-state index in [4.69, 9.17) is 0 Å². The van der Waals surface area contributed by atoms with Crippen molar-refractivity contribution in [3.8, 4) is 0 Å². The third-order valence-electron chi connectivity index (χ3n) is 3.41. The summed E-state index contributed by atoms with van der Waals surface area (Å²) >= 11 is 3.85. The average Bonchev–Trinajstić information content (AvgIpc) is 3.09. The number of rotatable bonds is 4. The zero-order valence-corrected chi connectivity index (χ0v) is 13.2. The molecule has 0 atom stereocenters. The Morgan fingerprint density at radius 2 is 1.45 bits per heavy atom. The van der Waals surface area contributed by atoms with Crippen molar-refractivity contribution < 1.29 is 9.72 Å². The Kier molecular flexibility index (Phi) is 4.49. The van der Waals surface area contributed by atoms with Crippen molar-refractivity contribution in [1.82, 2.24) is 0 Å². The topological polar surface area (TPSA) is 60.2 Å². The number of nitro groups is 1. The van der Waals surface area contributed by atoms with E-state index in [1.54, 1.807) is 0 Å². The highest BCUT2D eigenvalue weighted by Crippen LogP contribution is 2.45. The van der Waals surface area contributed by atoms with Crippen LogP contribution in [0.4, 0.5) is 5.69 Å². The van der Waals surface area contributed by atoms with E-state index < -0.39 is 4.92 Å². The van der Waals surface area contributed by atoms with E-state index in [9.17, 15) is 14.9 Å². The van der Waals surface area contributed by atoms with Crippen molar-refractivity contribution in [2.24, 2.45) is 0 Å². The number of nitro benzene ring substituents is 1. The highest BCUT2D eigenvalue weighted by Gasteiger charge is 2.18. The number of non-ortho nitro benzene ring substituents is 1. The van der Waals surface area contributed by atoms with Gasteiger partial charge in [0.2, 0.25) is 0 Å². The van der Waals surface area contributed by atoms with E-state index in [-0.39, 0.29) is 11.5 Å². The number of ketones is 1. The van der Waals surface area contributed by atoms with E-state index in [0.717, 1.165) is 0 Å². The molecule has 0 unspecified atom stereocenters. The van der Waals surface area contributed by atoms with Crippen LogP contribution in [0.15, 0.2) is 48.5 Å². The second kappa shape index (κ2) is 6.54. The molecule has 0 aliphatic carbocycles. The SMILES string of the molecule is O=C(c1ccc(C2SCCS2)cc1)c1ccc([N+](=O)[O-])cc1. The maximum atomic E-state index is 12.4. The smallest absolute Gasteiger partial charge is 0.269 e. The molecule has 2 aromatic carbocycles. The van der Waals surface area contributed by atoms with E-state index in [1.165, 1.54) is 41.3 Å². The zero-order valence-electron chi connectivity index (χ0n) is 11.6. The number of benzene rings is 2. The molecule has 0 radical (unpaired) electrons. The lowest BCUT2D eigenvalue weighted by Crippen LogP contribution is -2.01. The Hall–Kier alpha value is -1.79. The van der Waals surface area contributed by atoms with Crippen molar-refractivity contribution >= 4 is 35.0 Å². The molecule has 112 valence electrons. The Labute approximate surface area is 136 Å². The summed E-state index contributed by atoms with van der Waals surface area (Å²) in [4.78, 5) is 22.5. The van der Waals surface area contributed by atoms with Crippen LogP contribution in [0.1, 0.15) is 26.1 Å². The quantitative estimate of drug-likeness (QED) is 0.475. The Balaban J connectivity index is 1.78. The largest absolute Gasteiger partial charge is 0.289 e. The second-order valence-corrected chi connectivity index (χ2v) is 7.55. The summed E-state index contributed by atoms with van der Waals surface area (Å²) in [5.41, 5.74) is 2.28. The van der Waals surface area contributed by atoms with Gasteiger partial charge < -0.3 is 0 Å². The van der Waals surface area contributed by atoms with Crippen LogP contribution in [-0.2, 0) is 0 Å². The van der Waals surface area contributed by atoms with Crippen LogP contribution in [0.5, 0.6) is 0 Å². The summed E-state index contributed by atoms with van der Waals surface area (Å²) in [6.45, 7) is 0. The van der Waals surface area contributed by atoms with Gasteiger partial charge in [-0.05, 0) is 17.7 Å². The third-order valence-corrected chi connectivity index (χ3v) is 6.51. The highest BCUT2D eigenvalue weighted by molar-refractivity contribution is 8.19. The van der Waals surface area contributed by atoms with Gasteiger partial charge >= 0.3 is 0 Å². The number of hydrogen-bond acceptors (Lipinski definition) is 5. The van der Waals surface area contributed by atoms with Gasteiger partial charge in [0.1, 0.15) is 0 Å². The first-order valence-electron chi connectivity index (χ1n) is 6.77. The fourth-order valence-electron chi connectivity index (χ4n) is 2.24. The minimum absolute atomic E-state index is 0.0119. The number of hydrogen-bond donors (Lipinski definition) is 0. The maximum absolute atomic E-state index is 12.4. The predicted octanol–water partition coefficient (Wildman–Crippen LogP) is 4.30. The van der Waals surface area contributed by atoms with Crippen LogP contribution in [0.3, 0.4) is 0 Å². The van der Waals surface area contributed by atoms with Crippen LogP contribution in [0.2, 0.25) is 0 Å². The molecular formula is C16H13NO3S2. The van der Waals surface area contributed by atoms with E-state index in [2.05, 4.69) is 0 Å². The minimum Gasteiger partial charge on any atom is -0.289 e. The van der Waals surface area contributed by atoms with E-state index in [0.29, 0.717) is 15.7 Å². The Morgan fingerprint density at radius 1 is 0.955 bits per heavy atom. The second-order valence-electron chi connectivity index (χ2n) is 4.83. The van der Waals surface area contributed by atoms with Gasteiger partial charge in [0, 0.05) is 34.8 Å². The number of thioether (sulfide) groups is 2. The molecule has 1 aliphatic rings. The monoisotopic (exact) mass is 331 g/mol. The van der Waals surface area contributed by atoms with Gasteiger partial charge in [-0.3, -0.25) is 14.9 Å². The van der Waals surface area contributed by atoms with Gasteiger partial charge in [-0.2, -0.15) is 0 Å². The van der Waals surface area contributed by atoms with Gasteiger partial charge in [-0.1, -0.05) is 24.3 Å². The molecule has 1 saturated heterocycles. The fraction of sp³-hybridized carbons (Fsp3) is 0.188. The van der Waals surface area contributed by atoms with E-state index >= 15 is 0 Å². The minimum atomic E-state index is -0.472. The Morgan fingerprint density at radius 3 is 1.95 bits per heavy atom. The van der Waals surface area contributed by atoms with Crippen LogP contribution in [0, 0.1) is 10.1 Å². The fourth-order valence-corrected chi connectivity index (χ4v) is 5.10. The normalized spacial score (nSPS) is 14.9. The number of nitrogens with zero attached hydrogens (tertiary/aromatic N) is 1. The van der Waals surface area contributed by atoms with Gasteiger partial charge in [0.05, 0.1) is 9.51 Å². The lowest BCUT2D eigenvalue weighted by molar-refractivity contribution is -0.384. The molecule has 1 aliphatic heterocycles. The summed E-state index contributed by atoms with van der Waals surface area (Å²) in [6, 6.07) is 13.4. The van der Waals surface area contributed by atoms with Gasteiger partial charge in [-0.15, -0.1) is 23.5 Å². The summed E-state index contributed by atoms with van der Waals surface area (Å²) in [5.74, 6) is 2.21. The molecule has 4 nitrogen and oxygen atoms in total. The van der Waals surface area contributed by atoms with E-state index in [1.807, 2.05) is 47.8 Å². The van der Waals surface area contributed by atoms with Gasteiger partial charge in [0.25, 0.3) is 5.69 Å². The molecule has 0 spiro atoms. The lowest BCUT2D eigenvalue weighted by Gasteiger charge is -2.09. The van der Waals surface area contributed by atoms with Crippen molar-refractivity contribution in [3.63, 3.8) is 0 Å². The molecule has 0 saturated carbocycles. The molecule has 0 aromatic heterocycles. The molecule has 1 fully saturated rings. The van der Waals surface area contributed by atoms with Crippen LogP contribution < -0.4 is 0 Å². The molecular weight excluding hydrogens is 318 g/mol. The van der Waals surface area contributed by atoms with Gasteiger partial charge in [0.15, 0.2) is 5.78 Å². The molecule has 0 bridgehead atoms. The molecule has 22 heavy (non-hydrogen) atoms. The van der Waals surface area contributed by atoms with Crippen molar-refractivity contribution in [2.75, 3.05) is 11.5 Å². The van der Waals surface area contributed by atoms with Crippen molar-refractivity contribution in [1.29, 1.82) is 0 Å². The molecule has 1 heterocycles. The zero-order chi connectivity index (χ0) is 15.5. The van der Waals surface area contributed by atoms with Crippen molar-refractivity contribution in [3.05, 3.63) is 75.3 Å². The number of carbonyl (C=O) groups excluding carboxylic acids is 1. The van der Waals surface area contributed by atoms with Crippen LogP contribution in [-0.4, -0.2) is 22.2 Å². The van der Waals surface area contributed by atoms with Gasteiger partial charge in [-0.25, -0.2) is 0 Å². The van der Waals surface area contributed by atoms with Crippen LogP contribution >= 0.6 is 23.5 Å². The molecule has 0 N–H and O–H groups in total. The molecule has 3 rings (SSSR count). The first kappa shape index (κ1) is 15.1. The molecule has 2 aromatic rings. The maximum Gasteiger partial charge on any atom is 0.269 e. The lowest BCUT2D eigenvalue weighted by atomic mass is 10.0.